The van der Waals surface area contributed by atoms with E-state index < -0.39 is 26.6 Å². The number of benzene rings is 1. The smallest absolute Gasteiger partial charge is 0.272 e. The Morgan fingerprint density at radius 3 is 2.63 bits per heavy atom. The number of aromatic nitrogens is 1. The summed E-state index contributed by atoms with van der Waals surface area (Å²) in [4.78, 5) is 14.0. The number of H-pyrrole nitrogens is 1. The van der Waals surface area contributed by atoms with Gasteiger partial charge in [0.15, 0.2) is 0 Å². The predicted molar refractivity (Wildman–Crippen MR) is 66.5 cm³/mol. The van der Waals surface area contributed by atoms with Crippen molar-refractivity contribution in [2.45, 2.75) is 4.90 Å². The van der Waals surface area contributed by atoms with Gasteiger partial charge in [0.25, 0.3) is 5.91 Å². The zero-order valence-corrected chi connectivity index (χ0v) is 10.4. The standard InChI is InChI=1S/C11H10FN3O3S/c12-7-4-8(6-9(5-7)19(13,17)18)15-11(16)10-2-1-3-14-10/h1-6,14H,(H,15,16)(H2,13,17,18). The number of hydrogen-bond acceptors (Lipinski definition) is 3. The first-order chi connectivity index (χ1) is 8.86. The molecule has 4 N–H and O–H groups in total. The minimum atomic E-state index is -4.04. The SMILES string of the molecule is NS(=O)(=O)c1cc(F)cc(NC(=O)c2ccc[nH]2)c1. The summed E-state index contributed by atoms with van der Waals surface area (Å²) < 4.78 is 35.6. The van der Waals surface area contributed by atoms with Gasteiger partial charge in [-0.2, -0.15) is 0 Å². The van der Waals surface area contributed by atoms with E-state index in [0.717, 1.165) is 18.2 Å². The first-order valence-electron chi connectivity index (χ1n) is 5.14. The van der Waals surface area contributed by atoms with Gasteiger partial charge in [0.05, 0.1) is 4.90 Å². The highest BCUT2D eigenvalue weighted by molar-refractivity contribution is 7.89. The minimum absolute atomic E-state index is 0.00336. The molecule has 1 aromatic carbocycles. The van der Waals surface area contributed by atoms with Gasteiger partial charge in [0.2, 0.25) is 10.0 Å². The van der Waals surface area contributed by atoms with Crippen molar-refractivity contribution in [2.75, 3.05) is 5.32 Å². The molecule has 8 heteroatoms. The lowest BCUT2D eigenvalue weighted by molar-refractivity contribution is 0.102. The topological polar surface area (TPSA) is 105 Å². The molecule has 6 nitrogen and oxygen atoms in total. The lowest BCUT2D eigenvalue weighted by Gasteiger charge is -2.06. The Morgan fingerprint density at radius 2 is 2.05 bits per heavy atom. The zero-order valence-electron chi connectivity index (χ0n) is 9.55. The first kappa shape index (κ1) is 13.2. The van der Waals surface area contributed by atoms with E-state index in [2.05, 4.69) is 10.3 Å². The van der Waals surface area contributed by atoms with Gasteiger partial charge in [-0.15, -0.1) is 0 Å². The van der Waals surface area contributed by atoms with Gasteiger partial charge in [-0.25, -0.2) is 17.9 Å². The van der Waals surface area contributed by atoms with Crippen LogP contribution in [0.15, 0.2) is 41.4 Å². The van der Waals surface area contributed by atoms with Crippen LogP contribution >= 0.6 is 0 Å². The molecule has 0 bridgehead atoms. The molecule has 0 aliphatic rings. The second kappa shape index (κ2) is 4.82. The number of amides is 1. The van der Waals surface area contributed by atoms with E-state index >= 15 is 0 Å². The summed E-state index contributed by atoms with van der Waals surface area (Å²) in [5.74, 6) is -1.33. The second-order valence-corrected chi connectivity index (χ2v) is 5.32. The summed E-state index contributed by atoms with van der Waals surface area (Å²) in [5.41, 5.74) is 0.269. The Kier molecular flexibility index (Phi) is 3.36. The molecule has 2 rings (SSSR count). The third kappa shape index (κ3) is 3.18. The van der Waals surface area contributed by atoms with Gasteiger partial charge in [-0.3, -0.25) is 4.79 Å². The largest absolute Gasteiger partial charge is 0.357 e. The van der Waals surface area contributed by atoms with Crippen molar-refractivity contribution in [3.63, 3.8) is 0 Å². The molecule has 1 heterocycles. The monoisotopic (exact) mass is 283 g/mol. The highest BCUT2D eigenvalue weighted by Gasteiger charge is 2.13. The number of halogens is 1. The van der Waals surface area contributed by atoms with Crippen LogP contribution in [0.1, 0.15) is 10.5 Å². The van der Waals surface area contributed by atoms with Gasteiger partial charge in [-0.1, -0.05) is 0 Å². The summed E-state index contributed by atoms with van der Waals surface area (Å²) >= 11 is 0. The molecule has 0 radical (unpaired) electrons. The molecule has 0 saturated carbocycles. The van der Waals surface area contributed by atoms with E-state index in [1.54, 1.807) is 12.3 Å². The maximum absolute atomic E-state index is 13.3. The Bertz CT molecular complexity index is 711. The lowest BCUT2D eigenvalue weighted by atomic mass is 10.3. The van der Waals surface area contributed by atoms with E-state index in [1.807, 2.05) is 0 Å². The maximum Gasteiger partial charge on any atom is 0.272 e. The van der Waals surface area contributed by atoms with Crippen molar-refractivity contribution in [3.05, 3.63) is 48.0 Å². The molecule has 100 valence electrons. The van der Waals surface area contributed by atoms with E-state index in [0.29, 0.717) is 0 Å². The number of nitrogens with two attached hydrogens (primary N) is 1. The molecule has 0 aliphatic carbocycles. The van der Waals surface area contributed by atoms with Crippen LogP contribution in [0, 0.1) is 5.82 Å². The van der Waals surface area contributed by atoms with Crippen molar-refractivity contribution in [1.29, 1.82) is 0 Å². The minimum Gasteiger partial charge on any atom is -0.357 e. The normalized spacial score (nSPS) is 11.3. The van der Waals surface area contributed by atoms with Gasteiger partial charge in [-0.05, 0) is 30.3 Å². The van der Waals surface area contributed by atoms with E-state index in [9.17, 15) is 17.6 Å². The molecule has 0 saturated heterocycles. The fourth-order valence-corrected chi connectivity index (χ4v) is 2.04. The van der Waals surface area contributed by atoms with Crippen molar-refractivity contribution in [2.24, 2.45) is 5.14 Å². The van der Waals surface area contributed by atoms with Crippen molar-refractivity contribution < 1.29 is 17.6 Å². The molecule has 0 fully saturated rings. The Labute approximate surface area is 108 Å². The Morgan fingerprint density at radius 1 is 1.32 bits per heavy atom. The van der Waals surface area contributed by atoms with Crippen LogP contribution in [0.2, 0.25) is 0 Å². The van der Waals surface area contributed by atoms with Gasteiger partial charge < -0.3 is 10.3 Å². The van der Waals surface area contributed by atoms with E-state index in [4.69, 9.17) is 5.14 Å². The summed E-state index contributed by atoms with van der Waals surface area (Å²) in [6.45, 7) is 0. The quantitative estimate of drug-likeness (QED) is 0.784. The molecule has 0 aliphatic heterocycles. The summed E-state index contributed by atoms with van der Waals surface area (Å²) in [6, 6.07) is 6.00. The van der Waals surface area contributed by atoms with Gasteiger partial charge >= 0.3 is 0 Å². The fraction of sp³-hybridized carbons (Fsp3) is 0. The lowest BCUT2D eigenvalue weighted by Crippen LogP contribution is -2.15. The average Bonchev–Trinajstić information content (AvgIpc) is 2.80. The molecule has 1 amide bonds. The molecule has 1 aromatic heterocycles. The predicted octanol–water partition coefficient (Wildman–Crippen LogP) is 1.05. The number of anilines is 1. The van der Waals surface area contributed by atoms with Gasteiger partial charge in [0, 0.05) is 11.9 Å². The molecule has 0 unspecified atom stereocenters. The first-order valence-corrected chi connectivity index (χ1v) is 6.69. The second-order valence-electron chi connectivity index (χ2n) is 3.76. The molecular weight excluding hydrogens is 273 g/mol. The number of sulfonamides is 1. The van der Waals surface area contributed by atoms with Crippen molar-refractivity contribution in [1.82, 2.24) is 4.98 Å². The third-order valence-corrected chi connectivity index (χ3v) is 3.19. The number of aromatic amines is 1. The summed E-state index contributed by atoms with van der Waals surface area (Å²) in [7, 11) is -4.04. The van der Waals surface area contributed by atoms with Crippen LogP contribution < -0.4 is 10.5 Å². The van der Waals surface area contributed by atoms with Crippen LogP contribution in [-0.2, 0) is 10.0 Å². The van der Waals surface area contributed by atoms with Crippen molar-refractivity contribution >= 4 is 21.6 Å². The summed E-state index contributed by atoms with van der Waals surface area (Å²) in [6.07, 6.45) is 1.55. The molecular formula is C11H10FN3O3S. The Balaban J connectivity index is 2.31. The molecule has 2 aromatic rings. The van der Waals surface area contributed by atoms with Crippen molar-refractivity contribution in [3.8, 4) is 0 Å². The van der Waals surface area contributed by atoms with E-state index in [-0.39, 0.29) is 11.4 Å². The van der Waals surface area contributed by atoms with Crippen LogP contribution in [0.3, 0.4) is 0 Å². The number of hydrogen-bond donors (Lipinski definition) is 3. The van der Waals surface area contributed by atoms with Crippen LogP contribution in [0.5, 0.6) is 0 Å². The van der Waals surface area contributed by atoms with Crippen LogP contribution in [0.4, 0.5) is 10.1 Å². The number of nitrogens with one attached hydrogen (secondary N) is 2. The number of carbonyl (C=O) groups is 1. The van der Waals surface area contributed by atoms with E-state index in [1.165, 1.54) is 6.07 Å². The third-order valence-electron chi connectivity index (χ3n) is 2.30. The van der Waals surface area contributed by atoms with Crippen LogP contribution in [0.25, 0.3) is 0 Å². The molecule has 19 heavy (non-hydrogen) atoms. The zero-order chi connectivity index (χ0) is 14.0. The number of rotatable bonds is 3. The maximum atomic E-state index is 13.3. The Hall–Kier alpha value is -2.19. The van der Waals surface area contributed by atoms with Crippen LogP contribution in [-0.4, -0.2) is 19.3 Å². The highest BCUT2D eigenvalue weighted by Crippen LogP contribution is 2.17. The number of carbonyl (C=O) groups excluding carboxylic acids is 1. The highest BCUT2D eigenvalue weighted by atomic mass is 32.2. The fourth-order valence-electron chi connectivity index (χ4n) is 1.47. The summed E-state index contributed by atoms with van der Waals surface area (Å²) in [5, 5.41) is 7.27. The molecule has 0 spiro atoms. The molecule has 0 atom stereocenters. The van der Waals surface area contributed by atoms with Gasteiger partial charge in [0.1, 0.15) is 11.5 Å². The number of primary sulfonamides is 1. The average molecular weight is 283 g/mol.